The van der Waals surface area contributed by atoms with Crippen molar-refractivity contribution in [2.24, 2.45) is 5.92 Å². The van der Waals surface area contributed by atoms with E-state index in [4.69, 9.17) is 11.6 Å². The van der Waals surface area contributed by atoms with Gasteiger partial charge in [0.2, 0.25) is 5.91 Å². The molecule has 1 aromatic rings. The van der Waals surface area contributed by atoms with Crippen molar-refractivity contribution in [2.75, 3.05) is 25.6 Å². The SMILES string of the molecule is CC1CCCCC12NC(=O)N(CN(C)CC(=O)Nc1ccccc1Cl)C2=O. The molecule has 0 radical (unpaired) electrons. The van der Waals surface area contributed by atoms with Crippen LogP contribution in [0.25, 0.3) is 0 Å². The van der Waals surface area contributed by atoms with Gasteiger partial charge < -0.3 is 10.6 Å². The quantitative estimate of drug-likeness (QED) is 0.755. The highest BCUT2D eigenvalue weighted by atomic mass is 35.5. The number of carbonyl (C=O) groups excluding carboxylic acids is 3. The molecule has 4 amide bonds. The average molecular weight is 393 g/mol. The van der Waals surface area contributed by atoms with E-state index in [1.165, 1.54) is 4.90 Å². The number of benzene rings is 1. The van der Waals surface area contributed by atoms with Crippen LogP contribution in [0.5, 0.6) is 0 Å². The maximum Gasteiger partial charge on any atom is 0.326 e. The molecule has 3 rings (SSSR count). The van der Waals surface area contributed by atoms with Gasteiger partial charge in [-0.1, -0.05) is 43.5 Å². The molecule has 2 fully saturated rings. The summed E-state index contributed by atoms with van der Waals surface area (Å²) in [5.74, 6) is -0.335. The highest BCUT2D eigenvalue weighted by Gasteiger charge is 2.54. The van der Waals surface area contributed by atoms with Crippen LogP contribution in [0.4, 0.5) is 10.5 Å². The van der Waals surface area contributed by atoms with Crippen LogP contribution in [-0.4, -0.2) is 53.4 Å². The number of likely N-dealkylation sites (N-methyl/N-ethyl adjacent to an activating group) is 1. The van der Waals surface area contributed by atoms with E-state index in [0.29, 0.717) is 17.1 Å². The predicted molar refractivity (Wildman–Crippen MR) is 103 cm³/mol. The fourth-order valence-corrected chi connectivity index (χ4v) is 4.10. The molecule has 0 aromatic heterocycles. The van der Waals surface area contributed by atoms with Crippen LogP contribution in [0.1, 0.15) is 32.6 Å². The molecule has 1 spiro atoms. The Hall–Kier alpha value is -2.12. The fraction of sp³-hybridized carbons (Fsp3) is 0.526. The maximum absolute atomic E-state index is 13.0. The molecule has 1 saturated heterocycles. The zero-order chi connectivity index (χ0) is 19.6. The summed E-state index contributed by atoms with van der Waals surface area (Å²) in [4.78, 5) is 40.5. The molecule has 2 unspecified atom stereocenters. The Morgan fingerprint density at radius 2 is 2.11 bits per heavy atom. The lowest BCUT2D eigenvalue weighted by Crippen LogP contribution is -2.54. The van der Waals surface area contributed by atoms with E-state index < -0.39 is 5.54 Å². The van der Waals surface area contributed by atoms with Crippen molar-refractivity contribution in [2.45, 2.75) is 38.1 Å². The van der Waals surface area contributed by atoms with E-state index in [-0.39, 0.29) is 37.0 Å². The molecular weight excluding hydrogens is 368 g/mol. The van der Waals surface area contributed by atoms with Crippen molar-refractivity contribution in [3.63, 3.8) is 0 Å². The van der Waals surface area contributed by atoms with Crippen LogP contribution in [0.2, 0.25) is 5.02 Å². The molecular formula is C19H25ClN4O3. The van der Waals surface area contributed by atoms with Crippen LogP contribution in [0, 0.1) is 5.92 Å². The Morgan fingerprint density at radius 1 is 1.37 bits per heavy atom. The number of hydrogen-bond donors (Lipinski definition) is 2. The van der Waals surface area contributed by atoms with Crippen molar-refractivity contribution in [1.29, 1.82) is 0 Å². The molecule has 2 N–H and O–H groups in total. The molecule has 1 heterocycles. The van der Waals surface area contributed by atoms with Crippen LogP contribution in [0.3, 0.4) is 0 Å². The summed E-state index contributed by atoms with van der Waals surface area (Å²) in [7, 11) is 1.70. The standard InChI is InChI=1S/C19H25ClN4O3/c1-13-7-5-6-10-19(13)17(26)24(18(27)22-19)12-23(2)11-16(25)21-15-9-4-3-8-14(15)20/h3-4,8-9,13H,5-7,10-12H2,1-2H3,(H,21,25)(H,22,27). The minimum absolute atomic E-state index is 0.0326. The topological polar surface area (TPSA) is 81.8 Å². The van der Waals surface area contributed by atoms with Crippen molar-refractivity contribution in [1.82, 2.24) is 15.1 Å². The lowest BCUT2D eigenvalue weighted by Gasteiger charge is -2.37. The van der Waals surface area contributed by atoms with Crippen LogP contribution in [0.15, 0.2) is 24.3 Å². The number of anilines is 1. The number of halogens is 1. The Labute approximate surface area is 164 Å². The van der Waals surface area contributed by atoms with E-state index >= 15 is 0 Å². The first-order valence-corrected chi connectivity index (χ1v) is 9.58. The molecule has 2 aliphatic rings. The van der Waals surface area contributed by atoms with Crippen molar-refractivity contribution < 1.29 is 14.4 Å². The lowest BCUT2D eigenvalue weighted by atomic mass is 9.73. The first-order valence-electron chi connectivity index (χ1n) is 9.20. The highest BCUT2D eigenvalue weighted by molar-refractivity contribution is 6.33. The number of rotatable bonds is 5. The summed E-state index contributed by atoms with van der Waals surface area (Å²) in [5.41, 5.74) is -0.252. The van der Waals surface area contributed by atoms with Crippen molar-refractivity contribution in [3.05, 3.63) is 29.3 Å². The zero-order valence-electron chi connectivity index (χ0n) is 15.6. The molecule has 27 heavy (non-hydrogen) atoms. The van der Waals surface area contributed by atoms with Crippen molar-refractivity contribution in [3.8, 4) is 0 Å². The van der Waals surface area contributed by atoms with Gasteiger partial charge in [-0.15, -0.1) is 0 Å². The van der Waals surface area contributed by atoms with E-state index in [1.807, 2.05) is 6.92 Å². The first-order chi connectivity index (χ1) is 12.8. The highest BCUT2D eigenvalue weighted by Crippen LogP contribution is 2.38. The average Bonchev–Trinajstić information content (AvgIpc) is 2.84. The third kappa shape index (κ3) is 3.94. The normalized spacial score (nSPS) is 25.2. The molecule has 1 aliphatic carbocycles. The summed E-state index contributed by atoms with van der Waals surface area (Å²) in [6.45, 7) is 2.11. The lowest BCUT2D eigenvalue weighted by molar-refractivity contribution is -0.136. The molecule has 8 heteroatoms. The minimum atomic E-state index is -0.782. The van der Waals surface area contributed by atoms with Crippen LogP contribution < -0.4 is 10.6 Å². The number of nitrogens with zero attached hydrogens (tertiary/aromatic N) is 2. The number of amides is 4. The largest absolute Gasteiger partial charge is 0.326 e. The number of hydrogen-bond acceptors (Lipinski definition) is 4. The van der Waals surface area contributed by atoms with Gasteiger partial charge >= 0.3 is 6.03 Å². The zero-order valence-corrected chi connectivity index (χ0v) is 16.4. The molecule has 7 nitrogen and oxygen atoms in total. The first kappa shape index (κ1) is 19.6. The number of para-hydroxylation sites is 1. The molecule has 146 valence electrons. The maximum atomic E-state index is 13.0. The van der Waals surface area contributed by atoms with E-state index in [1.54, 1.807) is 36.2 Å². The Kier molecular flexibility index (Phi) is 5.72. The van der Waals surface area contributed by atoms with E-state index in [9.17, 15) is 14.4 Å². The molecule has 1 aromatic carbocycles. The Balaban J connectivity index is 1.60. The van der Waals surface area contributed by atoms with Gasteiger partial charge in [-0.3, -0.25) is 14.5 Å². The van der Waals surface area contributed by atoms with Gasteiger partial charge in [-0.25, -0.2) is 9.69 Å². The molecule has 1 aliphatic heterocycles. The van der Waals surface area contributed by atoms with Gasteiger partial charge in [0.1, 0.15) is 5.54 Å². The second kappa shape index (κ2) is 7.86. The summed E-state index contributed by atoms with van der Waals surface area (Å²) in [5, 5.41) is 6.11. The fourth-order valence-electron chi connectivity index (χ4n) is 3.91. The third-order valence-corrected chi connectivity index (χ3v) is 5.78. The van der Waals surface area contributed by atoms with E-state index in [2.05, 4.69) is 10.6 Å². The van der Waals surface area contributed by atoms with Gasteiger partial charge in [0.25, 0.3) is 5.91 Å². The van der Waals surface area contributed by atoms with Crippen molar-refractivity contribution >= 4 is 35.1 Å². The van der Waals surface area contributed by atoms with Gasteiger partial charge in [0, 0.05) is 0 Å². The number of nitrogens with one attached hydrogen (secondary N) is 2. The number of urea groups is 1. The second-order valence-electron chi connectivity index (χ2n) is 7.47. The van der Waals surface area contributed by atoms with Gasteiger partial charge in [-0.2, -0.15) is 0 Å². The minimum Gasteiger partial charge on any atom is -0.324 e. The van der Waals surface area contributed by atoms with Gasteiger partial charge in [0.05, 0.1) is 23.9 Å². The van der Waals surface area contributed by atoms with Crippen LogP contribution in [-0.2, 0) is 9.59 Å². The summed E-state index contributed by atoms with van der Waals surface area (Å²) < 4.78 is 0. The second-order valence-corrected chi connectivity index (χ2v) is 7.87. The predicted octanol–water partition coefficient (Wildman–Crippen LogP) is 2.67. The molecule has 0 bridgehead atoms. The van der Waals surface area contributed by atoms with Gasteiger partial charge in [0.15, 0.2) is 0 Å². The van der Waals surface area contributed by atoms with Gasteiger partial charge in [-0.05, 0) is 37.9 Å². The molecule has 2 atom stereocenters. The number of carbonyl (C=O) groups is 3. The Morgan fingerprint density at radius 3 is 2.81 bits per heavy atom. The smallest absolute Gasteiger partial charge is 0.324 e. The Bertz CT molecular complexity index is 756. The van der Waals surface area contributed by atoms with E-state index in [0.717, 1.165) is 19.3 Å². The summed E-state index contributed by atoms with van der Waals surface area (Å²) >= 11 is 6.04. The number of imide groups is 1. The molecule has 1 saturated carbocycles. The van der Waals surface area contributed by atoms with Crippen LogP contribution >= 0.6 is 11.6 Å². The summed E-state index contributed by atoms with van der Waals surface area (Å²) in [6, 6.07) is 6.59. The third-order valence-electron chi connectivity index (χ3n) is 5.45. The monoisotopic (exact) mass is 392 g/mol. The summed E-state index contributed by atoms with van der Waals surface area (Å²) in [6.07, 6.45) is 3.61.